The van der Waals surface area contributed by atoms with E-state index < -0.39 is 5.54 Å². The van der Waals surface area contributed by atoms with Crippen molar-refractivity contribution in [3.63, 3.8) is 0 Å². The number of carbonyl (C=O) groups excluding carboxylic acids is 1. The molecule has 1 aromatic rings. The maximum Gasteiger partial charge on any atom is 0.244 e. The lowest BCUT2D eigenvalue weighted by molar-refractivity contribution is -0.121. The Balaban J connectivity index is 1.81. The largest absolute Gasteiger partial charge is 0.376 e. The van der Waals surface area contributed by atoms with Crippen LogP contribution >= 0.6 is 0 Å². The van der Waals surface area contributed by atoms with Crippen LogP contribution in [0.5, 0.6) is 0 Å². The summed E-state index contributed by atoms with van der Waals surface area (Å²) in [6.45, 7) is 5.64. The molecule has 0 unspecified atom stereocenters. The van der Waals surface area contributed by atoms with Gasteiger partial charge in [-0.3, -0.25) is 4.79 Å². The summed E-state index contributed by atoms with van der Waals surface area (Å²) in [7, 11) is 0. The summed E-state index contributed by atoms with van der Waals surface area (Å²) in [5, 5.41) is 2.94. The van der Waals surface area contributed by atoms with Gasteiger partial charge in [-0.1, -0.05) is 25.0 Å². The summed E-state index contributed by atoms with van der Waals surface area (Å²) in [6.07, 6.45) is 3.79. The zero-order valence-electron chi connectivity index (χ0n) is 14.1. The highest BCUT2D eigenvalue weighted by molar-refractivity contribution is 5.98. The lowest BCUT2D eigenvalue weighted by atomic mass is 9.98. The molecule has 0 heterocycles. The Morgan fingerprint density at radius 3 is 2.74 bits per heavy atom. The molecule has 23 heavy (non-hydrogen) atoms. The number of anilines is 1. The van der Waals surface area contributed by atoms with Crippen LogP contribution in [0.2, 0.25) is 0 Å². The number of benzene rings is 1. The molecule has 1 aliphatic carbocycles. The van der Waals surface area contributed by atoms with Crippen LogP contribution in [-0.4, -0.2) is 30.8 Å². The number of hydrogen-bond acceptors (Lipinski definition) is 4. The number of nitrogens with one attached hydrogen (secondary N) is 1. The van der Waals surface area contributed by atoms with Gasteiger partial charge in [-0.2, -0.15) is 0 Å². The molecule has 5 heteroatoms. The molecule has 0 aliphatic heterocycles. The zero-order chi connectivity index (χ0) is 16.7. The van der Waals surface area contributed by atoms with Gasteiger partial charge in [-0.15, -0.1) is 0 Å². The van der Waals surface area contributed by atoms with E-state index in [1.807, 2.05) is 38.1 Å². The molecular formula is C18H28N2O3. The van der Waals surface area contributed by atoms with E-state index in [4.69, 9.17) is 15.2 Å². The van der Waals surface area contributed by atoms with E-state index in [2.05, 4.69) is 5.32 Å². The second kappa shape index (κ2) is 8.43. The van der Waals surface area contributed by atoms with Crippen molar-refractivity contribution >= 4 is 11.6 Å². The first-order chi connectivity index (χ1) is 11.0. The Kier molecular flexibility index (Phi) is 6.57. The van der Waals surface area contributed by atoms with Crippen molar-refractivity contribution in [1.82, 2.24) is 0 Å². The summed E-state index contributed by atoms with van der Waals surface area (Å²) in [6, 6.07) is 7.70. The monoisotopic (exact) mass is 320 g/mol. The average Bonchev–Trinajstić information content (AvgIpc) is 2.95. The predicted molar refractivity (Wildman–Crippen MR) is 91.2 cm³/mol. The minimum Gasteiger partial charge on any atom is -0.376 e. The SMILES string of the molecule is CC(C)OCCOCc1cccc(NC(=O)C2(N)CCCC2)c1. The van der Waals surface area contributed by atoms with Crippen LogP contribution in [0.25, 0.3) is 0 Å². The molecule has 0 saturated heterocycles. The fourth-order valence-electron chi connectivity index (χ4n) is 2.76. The second-order valence-electron chi connectivity index (χ2n) is 6.49. The molecule has 1 aliphatic rings. The van der Waals surface area contributed by atoms with Crippen molar-refractivity contribution in [3.8, 4) is 0 Å². The van der Waals surface area contributed by atoms with Crippen molar-refractivity contribution in [1.29, 1.82) is 0 Å². The average molecular weight is 320 g/mol. The number of ether oxygens (including phenoxy) is 2. The molecule has 0 spiro atoms. The smallest absolute Gasteiger partial charge is 0.244 e. The molecule has 1 fully saturated rings. The summed E-state index contributed by atoms with van der Waals surface area (Å²) < 4.78 is 11.0. The molecule has 1 saturated carbocycles. The van der Waals surface area contributed by atoms with Crippen LogP contribution in [0.3, 0.4) is 0 Å². The quantitative estimate of drug-likeness (QED) is 0.722. The minimum absolute atomic E-state index is 0.0848. The first-order valence-corrected chi connectivity index (χ1v) is 8.38. The molecule has 1 aromatic carbocycles. The number of carbonyl (C=O) groups is 1. The number of hydrogen-bond donors (Lipinski definition) is 2. The third-order valence-electron chi connectivity index (χ3n) is 4.08. The van der Waals surface area contributed by atoms with Crippen LogP contribution in [-0.2, 0) is 20.9 Å². The predicted octanol–water partition coefficient (Wildman–Crippen LogP) is 2.84. The molecule has 2 rings (SSSR count). The Morgan fingerprint density at radius 1 is 1.30 bits per heavy atom. The van der Waals surface area contributed by atoms with Gasteiger partial charge in [0.05, 0.1) is 31.5 Å². The van der Waals surface area contributed by atoms with E-state index in [-0.39, 0.29) is 12.0 Å². The summed E-state index contributed by atoms with van der Waals surface area (Å²) in [4.78, 5) is 12.3. The van der Waals surface area contributed by atoms with E-state index in [9.17, 15) is 4.79 Å². The zero-order valence-corrected chi connectivity index (χ0v) is 14.1. The van der Waals surface area contributed by atoms with Gasteiger partial charge in [0.25, 0.3) is 0 Å². The van der Waals surface area contributed by atoms with Crippen LogP contribution in [0, 0.1) is 0 Å². The van der Waals surface area contributed by atoms with E-state index >= 15 is 0 Å². The highest BCUT2D eigenvalue weighted by Crippen LogP contribution is 2.28. The van der Waals surface area contributed by atoms with Crippen molar-refractivity contribution < 1.29 is 14.3 Å². The molecular weight excluding hydrogens is 292 g/mol. The van der Waals surface area contributed by atoms with Gasteiger partial charge >= 0.3 is 0 Å². The number of amides is 1. The number of rotatable bonds is 8. The van der Waals surface area contributed by atoms with Crippen molar-refractivity contribution in [2.45, 2.75) is 57.8 Å². The van der Waals surface area contributed by atoms with Crippen molar-refractivity contribution in [2.24, 2.45) is 5.73 Å². The van der Waals surface area contributed by atoms with E-state index in [0.29, 0.717) is 19.8 Å². The van der Waals surface area contributed by atoms with Gasteiger partial charge in [0.15, 0.2) is 0 Å². The third-order valence-corrected chi connectivity index (χ3v) is 4.08. The highest BCUT2D eigenvalue weighted by atomic mass is 16.5. The lowest BCUT2D eigenvalue weighted by Crippen LogP contribution is -2.48. The Hall–Kier alpha value is -1.43. The summed E-state index contributed by atoms with van der Waals surface area (Å²) in [5.41, 5.74) is 7.26. The van der Waals surface area contributed by atoms with Crippen LogP contribution in [0.15, 0.2) is 24.3 Å². The Bertz CT molecular complexity index is 511. The summed E-state index contributed by atoms with van der Waals surface area (Å²) in [5.74, 6) is -0.0848. The highest BCUT2D eigenvalue weighted by Gasteiger charge is 2.36. The molecule has 0 radical (unpaired) electrons. The van der Waals surface area contributed by atoms with Crippen molar-refractivity contribution in [2.75, 3.05) is 18.5 Å². The Labute approximate surface area is 138 Å². The van der Waals surface area contributed by atoms with E-state index in [1.165, 1.54) is 0 Å². The molecule has 128 valence electrons. The molecule has 3 N–H and O–H groups in total. The first kappa shape index (κ1) is 17.9. The van der Waals surface area contributed by atoms with E-state index in [1.54, 1.807) is 0 Å². The molecule has 0 bridgehead atoms. The van der Waals surface area contributed by atoms with Gasteiger partial charge in [0, 0.05) is 5.69 Å². The second-order valence-corrected chi connectivity index (χ2v) is 6.49. The molecule has 5 nitrogen and oxygen atoms in total. The molecule has 0 aromatic heterocycles. The van der Waals surface area contributed by atoms with Gasteiger partial charge in [0.2, 0.25) is 5.91 Å². The van der Waals surface area contributed by atoms with E-state index in [0.717, 1.165) is 36.9 Å². The topological polar surface area (TPSA) is 73.6 Å². The lowest BCUT2D eigenvalue weighted by Gasteiger charge is -2.22. The maximum atomic E-state index is 12.3. The van der Waals surface area contributed by atoms with Crippen LogP contribution < -0.4 is 11.1 Å². The third kappa shape index (κ3) is 5.61. The van der Waals surface area contributed by atoms with Gasteiger partial charge < -0.3 is 20.5 Å². The van der Waals surface area contributed by atoms with Crippen molar-refractivity contribution in [3.05, 3.63) is 29.8 Å². The maximum absolute atomic E-state index is 12.3. The minimum atomic E-state index is -0.708. The normalized spacial score (nSPS) is 16.7. The fourth-order valence-corrected chi connectivity index (χ4v) is 2.76. The first-order valence-electron chi connectivity index (χ1n) is 8.38. The van der Waals surface area contributed by atoms with Crippen LogP contribution in [0.4, 0.5) is 5.69 Å². The van der Waals surface area contributed by atoms with Gasteiger partial charge in [-0.05, 0) is 44.4 Å². The number of nitrogens with two attached hydrogens (primary N) is 1. The Morgan fingerprint density at radius 2 is 2.04 bits per heavy atom. The molecule has 0 atom stereocenters. The van der Waals surface area contributed by atoms with Gasteiger partial charge in [0.1, 0.15) is 0 Å². The fraction of sp³-hybridized carbons (Fsp3) is 0.611. The summed E-state index contributed by atoms with van der Waals surface area (Å²) >= 11 is 0. The van der Waals surface area contributed by atoms with Gasteiger partial charge in [-0.25, -0.2) is 0 Å². The standard InChI is InChI=1S/C18H28N2O3/c1-14(2)23-11-10-22-13-15-6-5-7-16(12-15)20-17(21)18(19)8-3-4-9-18/h5-7,12,14H,3-4,8-11,13,19H2,1-2H3,(H,20,21). The van der Waals surface area contributed by atoms with Crippen LogP contribution in [0.1, 0.15) is 45.1 Å². The molecule has 1 amide bonds.